The Hall–Kier alpha value is -1.42. The summed E-state index contributed by atoms with van der Waals surface area (Å²) in [6, 6.07) is 9.79. The standard InChI is InChI=1S/C21H29O4PS/c1-14(2)19-10-17(6-7-21(19)22)11-20-15(3)8-18(9-16(20)4)24-12-26(23)25-13-27-5/h6-10,14,22,26H,11-13H2,1-5H3. The Morgan fingerprint density at radius 3 is 2.41 bits per heavy atom. The number of thioether (sulfide) groups is 1. The highest BCUT2D eigenvalue weighted by Crippen LogP contribution is 2.30. The van der Waals surface area contributed by atoms with Crippen molar-refractivity contribution in [3.8, 4) is 11.5 Å². The van der Waals surface area contributed by atoms with Crippen molar-refractivity contribution in [2.45, 2.75) is 40.0 Å². The zero-order valence-corrected chi connectivity index (χ0v) is 18.5. The minimum absolute atomic E-state index is 0.0964. The Bertz CT molecular complexity index is 782. The lowest BCUT2D eigenvalue weighted by atomic mass is 9.93. The molecule has 148 valence electrons. The number of benzene rings is 2. The van der Waals surface area contributed by atoms with Gasteiger partial charge in [0.15, 0.2) is 6.35 Å². The molecule has 0 spiro atoms. The first-order chi connectivity index (χ1) is 12.8. The second kappa shape index (κ2) is 10.2. The van der Waals surface area contributed by atoms with Crippen LogP contribution in [0.3, 0.4) is 0 Å². The summed E-state index contributed by atoms with van der Waals surface area (Å²) in [5.41, 5.74) is 5.65. The summed E-state index contributed by atoms with van der Waals surface area (Å²) in [6.07, 6.45) is 2.80. The molecule has 0 aromatic heterocycles. The van der Waals surface area contributed by atoms with Crippen molar-refractivity contribution < 1.29 is 18.9 Å². The summed E-state index contributed by atoms with van der Waals surface area (Å²) in [4.78, 5) is 0. The van der Waals surface area contributed by atoms with E-state index in [-0.39, 0.29) is 12.3 Å². The summed E-state index contributed by atoms with van der Waals surface area (Å²) in [5.74, 6) is 1.76. The Morgan fingerprint density at radius 1 is 1.15 bits per heavy atom. The van der Waals surface area contributed by atoms with Gasteiger partial charge in [-0.05, 0) is 78.5 Å². The van der Waals surface area contributed by atoms with Crippen molar-refractivity contribution in [1.82, 2.24) is 0 Å². The van der Waals surface area contributed by atoms with Gasteiger partial charge >= 0.3 is 0 Å². The predicted molar refractivity (Wildman–Crippen MR) is 115 cm³/mol. The average molecular weight is 409 g/mol. The van der Waals surface area contributed by atoms with Crippen LogP contribution in [0, 0.1) is 13.8 Å². The van der Waals surface area contributed by atoms with Gasteiger partial charge in [0.2, 0.25) is 8.03 Å². The van der Waals surface area contributed by atoms with Crippen LogP contribution < -0.4 is 4.74 Å². The number of hydrogen-bond donors (Lipinski definition) is 1. The molecule has 1 unspecified atom stereocenters. The molecule has 27 heavy (non-hydrogen) atoms. The van der Waals surface area contributed by atoms with Crippen LogP contribution in [-0.2, 0) is 15.5 Å². The molecule has 4 nitrogen and oxygen atoms in total. The van der Waals surface area contributed by atoms with E-state index in [1.807, 2.05) is 24.5 Å². The molecule has 0 fully saturated rings. The SMILES string of the molecule is CSCO[PH](=O)COc1cc(C)c(Cc2ccc(O)c(C(C)C)c2)c(C)c1. The van der Waals surface area contributed by atoms with Gasteiger partial charge in [-0.3, -0.25) is 4.57 Å². The summed E-state index contributed by atoms with van der Waals surface area (Å²) < 4.78 is 22.6. The number of hydrogen-bond acceptors (Lipinski definition) is 5. The lowest BCUT2D eigenvalue weighted by Crippen LogP contribution is -2.00. The minimum atomic E-state index is -2.17. The fraction of sp³-hybridized carbons (Fsp3) is 0.429. The molecule has 0 aliphatic carbocycles. The smallest absolute Gasteiger partial charge is 0.228 e. The van der Waals surface area contributed by atoms with Crippen molar-refractivity contribution in [2.24, 2.45) is 0 Å². The highest BCUT2D eigenvalue weighted by molar-refractivity contribution is 7.98. The van der Waals surface area contributed by atoms with E-state index in [1.165, 1.54) is 22.9 Å². The number of rotatable bonds is 9. The number of aromatic hydroxyl groups is 1. The van der Waals surface area contributed by atoms with Crippen molar-refractivity contribution in [3.63, 3.8) is 0 Å². The quantitative estimate of drug-likeness (QED) is 0.415. The van der Waals surface area contributed by atoms with Crippen LogP contribution in [0.25, 0.3) is 0 Å². The van der Waals surface area contributed by atoms with Crippen LogP contribution >= 0.6 is 19.8 Å². The molecule has 0 aliphatic heterocycles. The van der Waals surface area contributed by atoms with Crippen LogP contribution in [0.5, 0.6) is 11.5 Å². The molecule has 6 heteroatoms. The van der Waals surface area contributed by atoms with Gasteiger partial charge in [0.1, 0.15) is 11.5 Å². The van der Waals surface area contributed by atoms with Gasteiger partial charge in [-0.2, -0.15) is 0 Å². The second-order valence-electron chi connectivity index (χ2n) is 6.97. The van der Waals surface area contributed by atoms with Gasteiger partial charge in [-0.1, -0.05) is 26.0 Å². The van der Waals surface area contributed by atoms with Gasteiger partial charge in [-0.25, -0.2) is 0 Å². The summed E-state index contributed by atoms with van der Waals surface area (Å²) in [7, 11) is -2.17. The largest absolute Gasteiger partial charge is 0.508 e. The molecule has 1 atom stereocenters. The number of phenolic OH excluding ortho intramolecular Hbond substituents is 1. The Labute approximate surface area is 167 Å². The van der Waals surface area contributed by atoms with E-state index in [2.05, 4.69) is 33.8 Å². The van der Waals surface area contributed by atoms with Crippen molar-refractivity contribution in [2.75, 3.05) is 18.5 Å². The third kappa shape index (κ3) is 6.31. The van der Waals surface area contributed by atoms with Gasteiger partial charge in [0, 0.05) is 0 Å². The van der Waals surface area contributed by atoms with E-state index < -0.39 is 8.03 Å². The Morgan fingerprint density at radius 2 is 1.81 bits per heavy atom. The fourth-order valence-electron chi connectivity index (χ4n) is 3.00. The van der Waals surface area contributed by atoms with Crippen molar-refractivity contribution >= 4 is 19.8 Å². The van der Waals surface area contributed by atoms with Gasteiger partial charge in [0.05, 0.1) is 5.94 Å². The molecule has 0 bridgehead atoms. The molecular formula is C21H29O4PS. The first kappa shape index (κ1) is 21.9. The molecule has 0 heterocycles. The van der Waals surface area contributed by atoms with E-state index in [0.717, 1.165) is 23.1 Å². The first-order valence-electron chi connectivity index (χ1n) is 9.01. The minimum Gasteiger partial charge on any atom is -0.508 e. The Balaban J connectivity index is 2.13. The predicted octanol–water partition coefficient (Wildman–Crippen LogP) is 5.87. The molecule has 0 radical (unpaired) electrons. The van der Waals surface area contributed by atoms with E-state index in [9.17, 15) is 9.67 Å². The summed E-state index contributed by atoms with van der Waals surface area (Å²) >= 11 is 1.49. The highest BCUT2D eigenvalue weighted by Gasteiger charge is 2.11. The highest BCUT2D eigenvalue weighted by atomic mass is 32.2. The third-order valence-electron chi connectivity index (χ3n) is 4.46. The summed E-state index contributed by atoms with van der Waals surface area (Å²) in [6.45, 7) is 8.28. The molecule has 2 rings (SSSR count). The topological polar surface area (TPSA) is 55.8 Å². The maximum absolute atomic E-state index is 11.8. The van der Waals surface area contributed by atoms with Crippen LogP contribution in [0.15, 0.2) is 30.3 Å². The van der Waals surface area contributed by atoms with Gasteiger partial charge in [-0.15, -0.1) is 11.8 Å². The molecule has 0 aliphatic rings. The lowest BCUT2D eigenvalue weighted by Gasteiger charge is -2.15. The zero-order chi connectivity index (χ0) is 20.0. The van der Waals surface area contributed by atoms with Crippen LogP contribution in [0.1, 0.15) is 47.6 Å². The molecule has 0 amide bonds. The van der Waals surface area contributed by atoms with E-state index >= 15 is 0 Å². The monoisotopic (exact) mass is 408 g/mol. The number of ether oxygens (including phenoxy) is 1. The number of aryl methyl sites for hydroxylation is 2. The second-order valence-corrected chi connectivity index (χ2v) is 9.11. The van der Waals surface area contributed by atoms with Crippen LogP contribution in [-0.4, -0.2) is 23.6 Å². The lowest BCUT2D eigenvalue weighted by molar-refractivity contribution is 0.332. The first-order valence-corrected chi connectivity index (χ1v) is 11.9. The van der Waals surface area contributed by atoms with E-state index in [1.54, 1.807) is 6.07 Å². The van der Waals surface area contributed by atoms with Crippen molar-refractivity contribution in [1.29, 1.82) is 0 Å². The maximum atomic E-state index is 11.8. The fourth-order valence-corrected chi connectivity index (χ4v) is 4.37. The van der Waals surface area contributed by atoms with E-state index in [4.69, 9.17) is 9.26 Å². The molecule has 0 saturated carbocycles. The molecule has 1 N–H and O–H groups in total. The number of phenols is 1. The van der Waals surface area contributed by atoms with E-state index in [0.29, 0.717) is 17.4 Å². The molecule has 2 aromatic carbocycles. The van der Waals surface area contributed by atoms with Crippen LogP contribution in [0.2, 0.25) is 0 Å². The normalized spacial score (nSPS) is 12.4. The van der Waals surface area contributed by atoms with Gasteiger partial charge < -0.3 is 14.4 Å². The maximum Gasteiger partial charge on any atom is 0.228 e. The van der Waals surface area contributed by atoms with Gasteiger partial charge in [0.25, 0.3) is 0 Å². The zero-order valence-electron chi connectivity index (χ0n) is 16.7. The van der Waals surface area contributed by atoms with Crippen LogP contribution in [0.4, 0.5) is 0 Å². The summed E-state index contributed by atoms with van der Waals surface area (Å²) in [5, 5.41) is 10.0. The molecular weight excluding hydrogens is 379 g/mol. The van der Waals surface area contributed by atoms with Crippen molar-refractivity contribution in [3.05, 3.63) is 58.1 Å². The molecule has 2 aromatic rings. The Kier molecular flexibility index (Phi) is 8.28. The third-order valence-corrected chi connectivity index (χ3v) is 5.87. The average Bonchev–Trinajstić information content (AvgIpc) is 2.62. The molecule has 0 saturated heterocycles.